The van der Waals surface area contributed by atoms with Crippen LogP contribution in [0.4, 0.5) is 0 Å². The van der Waals surface area contributed by atoms with Crippen LogP contribution in [0.25, 0.3) is 10.6 Å². The summed E-state index contributed by atoms with van der Waals surface area (Å²) < 4.78 is 0. The highest BCUT2D eigenvalue weighted by molar-refractivity contribution is 7.15. The predicted octanol–water partition coefficient (Wildman–Crippen LogP) is 1.66. The number of aromatic nitrogens is 2. The lowest BCUT2D eigenvalue weighted by Gasteiger charge is -1.91. The molecule has 4 heteroatoms. The van der Waals surface area contributed by atoms with Gasteiger partial charge in [-0.3, -0.25) is 4.98 Å². The minimum absolute atomic E-state index is 0.498. The number of hydrogen-bond acceptors (Lipinski definition) is 4. The van der Waals surface area contributed by atoms with Crippen molar-refractivity contribution < 1.29 is 0 Å². The van der Waals surface area contributed by atoms with E-state index in [1.807, 2.05) is 24.4 Å². The maximum atomic E-state index is 5.47. The van der Waals surface area contributed by atoms with Gasteiger partial charge in [-0.1, -0.05) is 6.07 Å². The Morgan fingerprint density at radius 2 is 2.23 bits per heavy atom. The van der Waals surface area contributed by atoms with Crippen molar-refractivity contribution >= 4 is 11.3 Å². The number of hydrogen-bond donors (Lipinski definition) is 1. The highest BCUT2D eigenvalue weighted by atomic mass is 32.1. The predicted molar refractivity (Wildman–Crippen MR) is 53.2 cm³/mol. The van der Waals surface area contributed by atoms with Crippen molar-refractivity contribution in [1.82, 2.24) is 9.97 Å². The van der Waals surface area contributed by atoms with Gasteiger partial charge in [-0.05, 0) is 12.1 Å². The van der Waals surface area contributed by atoms with Crippen molar-refractivity contribution in [3.05, 3.63) is 35.6 Å². The molecule has 0 amide bonds. The Balaban J connectivity index is 2.36. The summed E-state index contributed by atoms with van der Waals surface area (Å²) in [5, 5.41) is 0.945. The van der Waals surface area contributed by atoms with E-state index in [-0.39, 0.29) is 0 Å². The van der Waals surface area contributed by atoms with Crippen LogP contribution in [0.15, 0.2) is 30.6 Å². The Kier molecular flexibility index (Phi) is 2.33. The molecule has 0 saturated heterocycles. The molecule has 2 aromatic heterocycles. The van der Waals surface area contributed by atoms with Gasteiger partial charge in [-0.25, -0.2) is 4.98 Å². The molecule has 2 aromatic rings. The molecular weight excluding hydrogens is 182 g/mol. The average molecular weight is 191 g/mol. The Hall–Kier alpha value is -1.26. The number of pyridine rings is 1. The van der Waals surface area contributed by atoms with Gasteiger partial charge in [0.05, 0.1) is 10.6 Å². The SMILES string of the molecule is NCc1ncc(-c2ccccn2)s1. The first-order chi connectivity index (χ1) is 6.40. The number of rotatable bonds is 2. The van der Waals surface area contributed by atoms with Crippen LogP contribution >= 0.6 is 11.3 Å². The minimum Gasteiger partial charge on any atom is -0.325 e. The molecule has 0 radical (unpaired) electrons. The molecule has 66 valence electrons. The zero-order chi connectivity index (χ0) is 9.10. The molecule has 3 nitrogen and oxygen atoms in total. The summed E-state index contributed by atoms with van der Waals surface area (Å²) in [5.74, 6) is 0. The summed E-state index contributed by atoms with van der Waals surface area (Å²) in [6, 6.07) is 5.83. The fraction of sp³-hybridized carbons (Fsp3) is 0.111. The van der Waals surface area contributed by atoms with E-state index in [1.54, 1.807) is 17.5 Å². The second kappa shape index (κ2) is 3.64. The highest BCUT2D eigenvalue weighted by Crippen LogP contribution is 2.23. The third-order valence-corrected chi connectivity index (χ3v) is 2.69. The Morgan fingerprint density at radius 1 is 1.31 bits per heavy atom. The molecule has 0 aromatic carbocycles. The Labute approximate surface area is 80.3 Å². The zero-order valence-corrected chi connectivity index (χ0v) is 7.79. The van der Waals surface area contributed by atoms with Gasteiger partial charge < -0.3 is 5.73 Å². The molecule has 0 aliphatic heterocycles. The smallest absolute Gasteiger partial charge is 0.107 e. The van der Waals surface area contributed by atoms with E-state index >= 15 is 0 Å². The van der Waals surface area contributed by atoms with Gasteiger partial charge in [-0.15, -0.1) is 11.3 Å². The first kappa shape index (κ1) is 8.34. The van der Waals surface area contributed by atoms with Crippen molar-refractivity contribution in [3.63, 3.8) is 0 Å². The van der Waals surface area contributed by atoms with Crippen molar-refractivity contribution in [2.24, 2.45) is 5.73 Å². The van der Waals surface area contributed by atoms with Crippen molar-refractivity contribution in [1.29, 1.82) is 0 Å². The van der Waals surface area contributed by atoms with Crippen LogP contribution in [0, 0.1) is 0 Å². The van der Waals surface area contributed by atoms with Crippen molar-refractivity contribution in [2.45, 2.75) is 6.54 Å². The molecule has 0 fully saturated rings. The normalized spacial score (nSPS) is 10.2. The summed E-state index contributed by atoms with van der Waals surface area (Å²) in [5.41, 5.74) is 6.43. The largest absolute Gasteiger partial charge is 0.325 e. The standard InChI is InChI=1S/C9H9N3S/c10-5-9-12-6-8(13-9)7-3-1-2-4-11-7/h1-4,6H,5,10H2. The molecule has 0 saturated carbocycles. The van der Waals surface area contributed by atoms with Gasteiger partial charge in [0, 0.05) is 18.9 Å². The minimum atomic E-state index is 0.498. The van der Waals surface area contributed by atoms with E-state index in [0.717, 1.165) is 15.6 Å². The van der Waals surface area contributed by atoms with Crippen LogP contribution in [0.2, 0.25) is 0 Å². The third kappa shape index (κ3) is 1.74. The summed E-state index contributed by atoms with van der Waals surface area (Å²) in [6.07, 6.45) is 3.59. The summed E-state index contributed by atoms with van der Waals surface area (Å²) in [6.45, 7) is 0.498. The Morgan fingerprint density at radius 3 is 2.85 bits per heavy atom. The van der Waals surface area contributed by atoms with Crippen LogP contribution in [-0.2, 0) is 6.54 Å². The van der Waals surface area contributed by atoms with Crippen molar-refractivity contribution in [3.8, 4) is 10.6 Å². The van der Waals surface area contributed by atoms with Crippen LogP contribution in [-0.4, -0.2) is 9.97 Å². The van der Waals surface area contributed by atoms with Gasteiger partial charge >= 0.3 is 0 Å². The van der Waals surface area contributed by atoms with Crippen LogP contribution in [0.3, 0.4) is 0 Å². The lowest BCUT2D eigenvalue weighted by atomic mass is 10.3. The van der Waals surface area contributed by atoms with Gasteiger partial charge in [0.1, 0.15) is 5.01 Å². The topological polar surface area (TPSA) is 51.8 Å². The van der Waals surface area contributed by atoms with Gasteiger partial charge in [0.25, 0.3) is 0 Å². The molecular formula is C9H9N3S. The summed E-state index contributed by atoms with van der Waals surface area (Å²) in [7, 11) is 0. The number of nitrogens with two attached hydrogens (primary N) is 1. The fourth-order valence-corrected chi connectivity index (χ4v) is 1.80. The van der Waals surface area contributed by atoms with Crippen molar-refractivity contribution in [2.75, 3.05) is 0 Å². The second-order valence-corrected chi connectivity index (χ2v) is 3.65. The molecule has 0 spiro atoms. The Bertz CT molecular complexity index is 383. The van der Waals surface area contributed by atoms with Gasteiger partial charge in [0.2, 0.25) is 0 Å². The lowest BCUT2D eigenvalue weighted by molar-refractivity contribution is 1.04. The zero-order valence-electron chi connectivity index (χ0n) is 6.97. The molecule has 0 bridgehead atoms. The van der Waals surface area contributed by atoms with Gasteiger partial charge in [0.15, 0.2) is 0 Å². The maximum absolute atomic E-state index is 5.47. The number of thiazole rings is 1. The third-order valence-electron chi connectivity index (χ3n) is 1.65. The van der Waals surface area contributed by atoms with Gasteiger partial charge in [-0.2, -0.15) is 0 Å². The molecule has 13 heavy (non-hydrogen) atoms. The monoisotopic (exact) mass is 191 g/mol. The van der Waals surface area contributed by atoms with E-state index in [0.29, 0.717) is 6.54 Å². The van der Waals surface area contributed by atoms with Crippen LogP contribution < -0.4 is 5.73 Å². The molecule has 2 rings (SSSR count). The number of nitrogens with zero attached hydrogens (tertiary/aromatic N) is 2. The van der Waals surface area contributed by atoms with E-state index < -0.39 is 0 Å². The highest BCUT2D eigenvalue weighted by Gasteiger charge is 2.02. The van der Waals surface area contributed by atoms with Crippen LogP contribution in [0.5, 0.6) is 0 Å². The summed E-state index contributed by atoms with van der Waals surface area (Å²) in [4.78, 5) is 9.46. The second-order valence-electron chi connectivity index (χ2n) is 2.54. The van der Waals surface area contributed by atoms with E-state index in [4.69, 9.17) is 5.73 Å². The molecule has 2 N–H and O–H groups in total. The van der Waals surface area contributed by atoms with E-state index in [1.165, 1.54) is 0 Å². The first-order valence-electron chi connectivity index (χ1n) is 3.96. The van der Waals surface area contributed by atoms with Crippen LogP contribution in [0.1, 0.15) is 5.01 Å². The lowest BCUT2D eigenvalue weighted by Crippen LogP contribution is -1.93. The summed E-state index contributed by atoms with van der Waals surface area (Å²) >= 11 is 1.59. The fourth-order valence-electron chi connectivity index (χ4n) is 1.03. The quantitative estimate of drug-likeness (QED) is 0.785. The molecule has 0 aliphatic carbocycles. The average Bonchev–Trinajstić information content (AvgIpc) is 2.67. The first-order valence-corrected chi connectivity index (χ1v) is 4.78. The molecule has 0 unspecified atom stereocenters. The molecule has 2 heterocycles. The molecule has 0 aliphatic rings. The van der Waals surface area contributed by atoms with E-state index in [2.05, 4.69) is 9.97 Å². The molecule has 0 atom stereocenters. The van der Waals surface area contributed by atoms with E-state index in [9.17, 15) is 0 Å². The maximum Gasteiger partial charge on any atom is 0.107 e.